The lowest BCUT2D eigenvalue weighted by atomic mass is 9.78. The molecule has 9 nitrogen and oxygen atoms in total. The molecule has 41 heavy (non-hydrogen) atoms. The maximum absolute atomic E-state index is 13.5. The van der Waals surface area contributed by atoms with Crippen LogP contribution in [0.25, 0.3) is 0 Å². The summed E-state index contributed by atoms with van der Waals surface area (Å²) in [7, 11) is -1.47. The molecule has 2 atom stereocenters. The normalized spacial score (nSPS) is 23.6. The minimum Gasteiger partial charge on any atom is -0.369 e. The fraction of sp³-hybridized carbons (Fsp3) is 0.645. The molecule has 1 amide bonds. The Labute approximate surface area is 245 Å². The number of likely N-dealkylation sites (tertiary alicyclic amines) is 2. The molecule has 3 heterocycles. The fourth-order valence-electron chi connectivity index (χ4n) is 7.06. The number of carbonyl (C=O) groups excluding carboxylic acids is 1. The van der Waals surface area contributed by atoms with E-state index in [1.165, 1.54) is 48.1 Å². The van der Waals surface area contributed by atoms with E-state index in [9.17, 15) is 13.2 Å². The second kappa shape index (κ2) is 13.2. The number of aromatic nitrogens is 2. The van der Waals surface area contributed by atoms with E-state index in [1.807, 2.05) is 11.8 Å². The summed E-state index contributed by atoms with van der Waals surface area (Å²) in [5.41, 5.74) is 2.76. The van der Waals surface area contributed by atoms with E-state index in [4.69, 9.17) is 0 Å². The molecule has 1 saturated carbocycles. The highest BCUT2D eigenvalue weighted by Gasteiger charge is 2.33. The maximum Gasteiger partial charge on any atom is 0.272 e. The third-order valence-corrected chi connectivity index (χ3v) is 11.0. The molecule has 0 radical (unpaired) electrons. The van der Waals surface area contributed by atoms with Crippen molar-refractivity contribution in [2.24, 2.45) is 5.92 Å². The summed E-state index contributed by atoms with van der Waals surface area (Å²) in [6.45, 7) is 6.03. The Balaban J connectivity index is 1.11. The maximum atomic E-state index is 13.5. The molecule has 0 bridgehead atoms. The number of hydrogen-bond acceptors (Lipinski definition) is 7. The molecule has 0 spiro atoms. The molecule has 1 aromatic heterocycles. The number of carbonyl (C=O) groups is 1. The highest BCUT2D eigenvalue weighted by Crippen LogP contribution is 2.36. The lowest BCUT2D eigenvalue weighted by molar-refractivity contribution is 0.0542. The number of sulfonamides is 1. The van der Waals surface area contributed by atoms with Crippen molar-refractivity contribution in [3.63, 3.8) is 0 Å². The summed E-state index contributed by atoms with van der Waals surface area (Å²) in [6, 6.07) is 11.4. The molecule has 224 valence electrons. The predicted molar refractivity (Wildman–Crippen MR) is 163 cm³/mol. The molecule has 10 heteroatoms. The van der Waals surface area contributed by atoms with E-state index < -0.39 is 10.0 Å². The number of piperidine rings is 2. The Kier molecular flexibility index (Phi) is 9.61. The number of nitrogens with zero attached hydrogens (tertiary/aromatic N) is 5. The van der Waals surface area contributed by atoms with Crippen LogP contribution in [-0.2, 0) is 10.0 Å². The molecule has 2 aliphatic heterocycles. The molecule has 0 unspecified atom stereocenters. The van der Waals surface area contributed by atoms with Crippen LogP contribution in [0, 0.1) is 12.8 Å². The highest BCUT2D eigenvalue weighted by atomic mass is 32.2. The first-order valence-corrected chi connectivity index (χ1v) is 17.1. The van der Waals surface area contributed by atoms with Gasteiger partial charge in [0.1, 0.15) is 17.8 Å². The summed E-state index contributed by atoms with van der Waals surface area (Å²) >= 11 is 0. The zero-order chi connectivity index (χ0) is 29.0. The molecule has 5 rings (SSSR count). The smallest absolute Gasteiger partial charge is 0.272 e. The van der Waals surface area contributed by atoms with Crippen molar-refractivity contribution in [3.8, 4) is 0 Å². The molecule has 2 saturated heterocycles. The first-order chi connectivity index (χ1) is 19.7. The standard InChI is InChI=1S/C31H46N6O3S/c1-23-29(33-22-34-30(23)32-21-24-8-7-11-26(20-24)25-9-5-4-6-10-25)31(38)37-18-14-28(15-19-37)36-16-12-27(13-17-36)35(2)41(3,39)40/h4-6,9-10,22,24,26-28H,7-8,11-21H2,1-3H3,(H,32,33,34)/t24-,26-/m1/s1. The molecule has 1 aliphatic carbocycles. The van der Waals surface area contributed by atoms with Crippen LogP contribution in [0.2, 0.25) is 0 Å². The third-order valence-electron chi connectivity index (χ3n) is 9.70. The van der Waals surface area contributed by atoms with Crippen molar-refractivity contribution in [1.29, 1.82) is 0 Å². The number of rotatable bonds is 8. The van der Waals surface area contributed by atoms with Crippen LogP contribution < -0.4 is 5.32 Å². The molecule has 3 aliphatic rings. The molecular formula is C31H46N6O3S. The summed E-state index contributed by atoms with van der Waals surface area (Å²) in [5, 5.41) is 3.55. The summed E-state index contributed by atoms with van der Waals surface area (Å²) in [5.74, 6) is 1.95. The van der Waals surface area contributed by atoms with Crippen LogP contribution in [0.15, 0.2) is 36.7 Å². The number of nitrogens with one attached hydrogen (secondary N) is 1. The van der Waals surface area contributed by atoms with E-state index in [-0.39, 0.29) is 11.9 Å². The average Bonchev–Trinajstić information content (AvgIpc) is 3.00. The molecule has 3 fully saturated rings. The lowest BCUT2D eigenvalue weighted by Gasteiger charge is -2.43. The summed E-state index contributed by atoms with van der Waals surface area (Å²) in [6.07, 6.45) is 11.2. The summed E-state index contributed by atoms with van der Waals surface area (Å²) < 4.78 is 25.3. The van der Waals surface area contributed by atoms with Gasteiger partial charge in [0.25, 0.3) is 5.91 Å². The lowest BCUT2D eigenvalue weighted by Crippen LogP contribution is -2.52. The van der Waals surface area contributed by atoms with Crippen LogP contribution in [0.4, 0.5) is 5.82 Å². The zero-order valence-corrected chi connectivity index (χ0v) is 25.7. The van der Waals surface area contributed by atoms with Crippen molar-refractivity contribution >= 4 is 21.7 Å². The van der Waals surface area contributed by atoms with Crippen molar-refractivity contribution in [3.05, 3.63) is 53.5 Å². The fourth-order valence-corrected chi connectivity index (χ4v) is 7.81. The summed E-state index contributed by atoms with van der Waals surface area (Å²) in [4.78, 5) is 26.8. The highest BCUT2D eigenvalue weighted by molar-refractivity contribution is 7.88. The SMILES string of the molecule is Cc1c(NC[C@@H]2CCC[C@@H](c3ccccc3)C2)ncnc1C(=O)N1CCC(N2CCC(N(C)S(C)(=O)=O)CC2)CC1. The van der Waals surface area contributed by atoms with Gasteiger partial charge in [0.05, 0.1) is 6.26 Å². The quantitative estimate of drug-likeness (QED) is 0.500. The van der Waals surface area contributed by atoms with Gasteiger partial charge in [-0.3, -0.25) is 4.79 Å². The molecular weight excluding hydrogens is 536 g/mol. The van der Waals surface area contributed by atoms with Gasteiger partial charge in [0, 0.05) is 44.3 Å². The van der Waals surface area contributed by atoms with Crippen molar-refractivity contribution < 1.29 is 13.2 Å². The van der Waals surface area contributed by atoms with Crippen LogP contribution in [0.3, 0.4) is 0 Å². The van der Waals surface area contributed by atoms with Crippen molar-refractivity contribution in [1.82, 2.24) is 24.1 Å². The van der Waals surface area contributed by atoms with Crippen LogP contribution >= 0.6 is 0 Å². The average molecular weight is 583 g/mol. The first-order valence-electron chi connectivity index (χ1n) is 15.3. The van der Waals surface area contributed by atoms with Gasteiger partial charge in [0.15, 0.2) is 0 Å². The van der Waals surface area contributed by atoms with Crippen LogP contribution in [0.1, 0.15) is 78.9 Å². The second-order valence-corrected chi connectivity index (χ2v) is 14.3. The molecule has 2 aromatic rings. The Morgan fingerprint density at radius 3 is 2.39 bits per heavy atom. The van der Waals surface area contributed by atoms with Crippen molar-refractivity contribution in [2.75, 3.05) is 51.3 Å². The third kappa shape index (κ3) is 7.27. The Hall–Kier alpha value is -2.56. The molecule has 1 N–H and O–H groups in total. The monoisotopic (exact) mass is 582 g/mol. The van der Waals surface area contributed by atoms with Gasteiger partial charge in [-0.2, -0.15) is 0 Å². The predicted octanol–water partition coefficient (Wildman–Crippen LogP) is 4.13. The van der Waals surface area contributed by atoms with E-state index in [2.05, 4.69) is 50.5 Å². The van der Waals surface area contributed by atoms with Crippen molar-refractivity contribution in [2.45, 2.75) is 76.3 Å². The van der Waals surface area contributed by atoms with Gasteiger partial charge >= 0.3 is 0 Å². The van der Waals surface area contributed by atoms with Gasteiger partial charge in [-0.05, 0) is 82.4 Å². The largest absolute Gasteiger partial charge is 0.369 e. The Morgan fingerprint density at radius 1 is 1.00 bits per heavy atom. The second-order valence-electron chi connectivity index (χ2n) is 12.3. The Bertz CT molecular complexity index is 1270. The van der Waals surface area contributed by atoms with E-state index in [1.54, 1.807) is 7.05 Å². The van der Waals surface area contributed by atoms with E-state index in [0.717, 1.165) is 56.7 Å². The van der Waals surface area contributed by atoms with E-state index in [0.29, 0.717) is 36.7 Å². The minimum atomic E-state index is -3.16. The van der Waals surface area contributed by atoms with Gasteiger partial charge in [-0.25, -0.2) is 22.7 Å². The number of benzene rings is 1. The zero-order valence-electron chi connectivity index (χ0n) is 24.8. The minimum absolute atomic E-state index is 0.0123. The van der Waals surface area contributed by atoms with Crippen LogP contribution in [0.5, 0.6) is 0 Å². The number of hydrogen-bond donors (Lipinski definition) is 1. The first kappa shape index (κ1) is 29.9. The Morgan fingerprint density at radius 2 is 1.71 bits per heavy atom. The van der Waals surface area contributed by atoms with Gasteiger partial charge in [-0.15, -0.1) is 0 Å². The molecule has 1 aromatic carbocycles. The van der Waals surface area contributed by atoms with Crippen LogP contribution in [-0.4, -0.2) is 96.5 Å². The number of anilines is 1. The number of amides is 1. The van der Waals surface area contributed by atoms with Gasteiger partial charge in [0.2, 0.25) is 10.0 Å². The van der Waals surface area contributed by atoms with E-state index >= 15 is 0 Å². The van der Waals surface area contributed by atoms with Gasteiger partial charge in [-0.1, -0.05) is 36.8 Å². The van der Waals surface area contributed by atoms with Gasteiger partial charge < -0.3 is 15.1 Å². The topological polar surface area (TPSA) is 98.7 Å².